The van der Waals surface area contributed by atoms with Gasteiger partial charge in [0, 0.05) is 54.5 Å². The lowest BCUT2D eigenvalue weighted by Crippen LogP contribution is -2.41. The molecule has 164 valence electrons. The van der Waals surface area contributed by atoms with Crippen LogP contribution in [-0.2, 0) is 4.79 Å². The standard InChI is InChI=1S/C25H25FN4O2/c26-20-4-1-3-19-23(20)25(19)11-2-14-30(25)22(31)15-21(27)16-5-7-17(8-6-16)24(32)29-18-9-12-28-13-10-18/h1,3-10,12-13,19,21,23H,2,11,14-15,27H2,(H,28,29,32). The molecule has 1 saturated carbocycles. The number of nitrogens with one attached hydrogen (secondary N) is 1. The molecule has 4 unspecified atom stereocenters. The largest absolute Gasteiger partial charge is 0.336 e. The van der Waals surface area contributed by atoms with Crippen molar-refractivity contribution in [1.82, 2.24) is 9.88 Å². The Balaban J connectivity index is 1.23. The minimum Gasteiger partial charge on any atom is -0.336 e. The van der Waals surface area contributed by atoms with Crippen molar-refractivity contribution in [2.45, 2.75) is 30.8 Å². The summed E-state index contributed by atoms with van der Waals surface area (Å²) in [6.07, 6.45) is 10.4. The minimum absolute atomic E-state index is 0.0369. The molecule has 1 aromatic carbocycles. The lowest BCUT2D eigenvalue weighted by molar-refractivity contribution is -0.133. The number of rotatable bonds is 5. The van der Waals surface area contributed by atoms with Crippen molar-refractivity contribution in [2.75, 3.05) is 11.9 Å². The highest BCUT2D eigenvalue weighted by Crippen LogP contribution is 2.65. The third kappa shape index (κ3) is 3.42. The van der Waals surface area contributed by atoms with Gasteiger partial charge in [-0.1, -0.05) is 24.3 Å². The van der Waals surface area contributed by atoms with E-state index in [0.29, 0.717) is 17.8 Å². The highest BCUT2D eigenvalue weighted by Gasteiger charge is 2.71. The number of carbonyl (C=O) groups excluding carboxylic acids is 2. The van der Waals surface area contributed by atoms with Crippen molar-refractivity contribution in [1.29, 1.82) is 0 Å². The van der Waals surface area contributed by atoms with Gasteiger partial charge in [0.1, 0.15) is 5.83 Å². The van der Waals surface area contributed by atoms with Crippen LogP contribution in [0, 0.1) is 11.8 Å². The van der Waals surface area contributed by atoms with Crippen LogP contribution in [0.25, 0.3) is 0 Å². The molecule has 2 aliphatic carbocycles. The van der Waals surface area contributed by atoms with Gasteiger partial charge in [-0.2, -0.15) is 0 Å². The van der Waals surface area contributed by atoms with Crippen molar-refractivity contribution >= 4 is 17.5 Å². The van der Waals surface area contributed by atoms with E-state index >= 15 is 0 Å². The van der Waals surface area contributed by atoms with Crippen LogP contribution in [0.1, 0.15) is 41.2 Å². The van der Waals surface area contributed by atoms with E-state index < -0.39 is 11.6 Å². The Morgan fingerprint density at radius 3 is 2.69 bits per heavy atom. The fraction of sp³-hybridized carbons (Fsp3) is 0.320. The molecule has 7 heteroatoms. The average molecular weight is 432 g/mol. The Kier molecular flexibility index (Phi) is 5.13. The van der Waals surface area contributed by atoms with Gasteiger partial charge < -0.3 is 16.0 Å². The number of likely N-dealkylation sites (tertiary alicyclic amines) is 1. The molecule has 3 N–H and O–H groups in total. The first-order chi connectivity index (χ1) is 15.5. The molecule has 0 radical (unpaired) electrons. The number of carbonyl (C=O) groups is 2. The van der Waals surface area contributed by atoms with Gasteiger partial charge in [0.2, 0.25) is 5.91 Å². The van der Waals surface area contributed by atoms with E-state index in [1.54, 1.807) is 54.9 Å². The van der Waals surface area contributed by atoms with Crippen molar-refractivity contribution < 1.29 is 14.0 Å². The number of aromatic nitrogens is 1. The first kappa shape index (κ1) is 20.6. The molecule has 2 heterocycles. The Hall–Kier alpha value is -3.32. The summed E-state index contributed by atoms with van der Waals surface area (Å²) < 4.78 is 14.3. The Morgan fingerprint density at radius 1 is 1.22 bits per heavy atom. The average Bonchev–Trinajstić information content (AvgIpc) is 3.23. The number of amides is 2. The fourth-order valence-electron chi connectivity index (χ4n) is 5.34. The molecule has 3 aliphatic rings. The molecule has 32 heavy (non-hydrogen) atoms. The van der Waals surface area contributed by atoms with Gasteiger partial charge in [-0.05, 0) is 48.7 Å². The Labute approximate surface area is 186 Å². The van der Waals surface area contributed by atoms with Gasteiger partial charge in [-0.3, -0.25) is 14.6 Å². The summed E-state index contributed by atoms with van der Waals surface area (Å²) >= 11 is 0. The highest BCUT2D eigenvalue weighted by molar-refractivity contribution is 6.04. The summed E-state index contributed by atoms with van der Waals surface area (Å²) in [4.78, 5) is 31.3. The van der Waals surface area contributed by atoms with E-state index in [2.05, 4.69) is 10.3 Å². The summed E-state index contributed by atoms with van der Waals surface area (Å²) in [5, 5.41) is 2.81. The number of halogens is 1. The maximum absolute atomic E-state index is 14.3. The molecule has 2 aromatic rings. The maximum atomic E-state index is 14.3. The van der Waals surface area contributed by atoms with Gasteiger partial charge >= 0.3 is 0 Å². The van der Waals surface area contributed by atoms with Crippen molar-refractivity contribution in [3.63, 3.8) is 0 Å². The van der Waals surface area contributed by atoms with Gasteiger partial charge in [-0.25, -0.2) is 4.39 Å². The smallest absolute Gasteiger partial charge is 0.255 e. The number of anilines is 1. The van der Waals surface area contributed by atoms with Crippen LogP contribution in [0.15, 0.2) is 72.8 Å². The molecule has 1 spiro atoms. The summed E-state index contributed by atoms with van der Waals surface area (Å²) in [6.45, 7) is 0.647. The number of hydrogen-bond donors (Lipinski definition) is 2. The molecule has 1 saturated heterocycles. The van der Waals surface area contributed by atoms with Crippen LogP contribution >= 0.6 is 0 Å². The second kappa shape index (κ2) is 7.98. The molecule has 4 atom stereocenters. The summed E-state index contributed by atoms with van der Waals surface area (Å²) in [6, 6.07) is 9.90. The molecule has 2 fully saturated rings. The predicted octanol–water partition coefficient (Wildman–Crippen LogP) is 3.75. The summed E-state index contributed by atoms with van der Waals surface area (Å²) in [5.41, 5.74) is 7.89. The first-order valence-electron chi connectivity index (χ1n) is 10.9. The van der Waals surface area contributed by atoms with E-state index in [9.17, 15) is 14.0 Å². The second-order valence-electron chi connectivity index (χ2n) is 8.70. The fourth-order valence-corrected chi connectivity index (χ4v) is 5.34. The predicted molar refractivity (Wildman–Crippen MR) is 119 cm³/mol. The third-order valence-electron chi connectivity index (χ3n) is 6.93. The SMILES string of the molecule is NC(CC(=O)N1CCCC12C1C=CC=C(F)C12)c1ccc(C(=O)Nc2ccncc2)cc1. The van der Waals surface area contributed by atoms with E-state index in [4.69, 9.17) is 5.73 Å². The molecule has 0 bridgehead atoms. The summed E-state index contributed by atoms with van der Waals surface area (Å²) in [5.74, 6) is -0.514. The number of nitrogens with two attached hydrogens (primary N) is 1. The van der Waals surface area contributed by atoms with Crippen molar-refractivity contribution in [3.8, 4) is 0 Å². The number of nitrogens with zero attached hydrogens (tertiary/aromatic N) is 2. The number of fused-ring (bicyclic) bond motifs is 3. The lowest BCUT2D eigenvalue weighted by atomic mass is 10.0. The topological polar surface area (TPSA) is 88.3 Å². The number of allylic oxidation sites excluding steroid dienone is 2. The van der Waals surface area contributed by atoms with Crippen LogP contribution in [0.5, 0.6) is 0 Å². The van der Waals surface area contributed by atoms with E-state index in [0.717, 1.165) is 18.4 Å². The molecule has 1 aliphatic heterocycles. The molecule has 1 aromatic heterocycles. The van der Waals surface area contributed by atoms with Gasteiger partial charge in [0.05, 0.1) is 5.54 Å². The maximum Gasteiger partial charge on any atom is 0.255 e. The van der Waals surface area contributed by atoms with Crippen molar-refractivity contribution in [3.05, 3.63) is 84.0 Å². The highest BCUT2D eigenvalue weighted by atomic mass is 19.1. The third-order valence-corrected chi connectivity index (χ3v) is 6.93. The number of hydrogen-bond acceptors (Lipinski definition) is 4. The molecule has 6 nitrogen and oxygen atoms in total. The summed E-state index contributed by atoms with van der Waals surface area (Å²) in [7, 11) is 0. The quantitative estimate of drug-likeness (QED) is 0.753. The van der Waals surface area contributed by atoms with Crippen LogP contribution in [-0.4, -0.2) is 33.8 Å². The van der Waals surface area contributed by atoms with Crippen LogP contribution in [0.3, 0.4) is 0 Å². The van der Waals surface area contributed by atoms with E-state index in [-0.39, 0.29) is 35.9 Å². The first-order valence-corrected chi connectivity index (χ1v) is 10.9. The van der Waals surface area contributed by atoms with E-state index in [1.807, 2.05) is 11.0 Å². The number of benzene rings is 1. The van der Waals surface area contributed by atoms with E-state index in [1.165, 1.54) is 6.08 Å². The normalized spacial score (nSPS) is 26.4. The molecule has 2 amide bonds. The minimum atomic E-state index is -0.492. The zero-order valence-corrected chi connectivity index (χ0v) is 17.6. The molecular formula is C25H25FN4O2. The Morgan fingerprint density at radius 2 is 1.97 bits per heavy atom. The van der Waals surface area contributed by atoms with Crippen molar-refractivity contribution in [2.24, 2.45) is 17.6 Å². The lowest BCUT2D eigenvalue weighted by Gasteiger charge is -2.27. The van der Waals surface area contributed by atoms with Gasteiger partial charge in [0.25, 0.3) is 5.91 Å². The van der Waals surface area contributed by atoms with Gasteiger partial charge in [-0.15, -0.1) is 0 Å². The molecular weight excluding hydrogens is 407 g/mol. The number of pyridine rings is 1. The van der Waals surface area contributed by atoms with Crippen LogP contribution in [0.2, 0.25) is 0 Å². The zero-order valence-electron chi connectivity index (χ0n) is 17.6. The monoisotopic (exact) mass is 432 g/mol. The van der Waals surface area contributed by atoms with Crippen LogP contribution < -0.4 is 11.1 Å². The molecule has 5 rings (SSSR count). The Bertz CT molecular complexity index is 1100. The van der Waals surface area contributed by atoms with Gasteiger partial charge in [0.15, 0.2) is 0 Å². The zero-order chi connectivity index (χ0) is 22.3. The van der Waals surface area contributed by atoms with Crippen LogP contribution in [0.4, 0.5) is 10.1 Å². The second-order valence-corrected chi connectivity index (χ2v) is 8.70.